The third-order valence-electron chi connectivity index (χ3n) is 5.01. The number of pyridine rings is 1. The van der Waals surface area contributed by atoms with Crippen molar-refractivity contribution in [3.05, 3.63) is 53.7 Å². The molecular weight excluding hydrogens is 397 g/mol. The first-order valence-electron chi connectivity index (χ1n) is 9.65. The molecule has 0 aliphatic carbocycles. The zero-order valence-electron chi connectivity index (χ0n) is 16.5. The van der Waals surface area contributed by atoms with Gasteiger partial charge >= 0.3 is 6.18 Å². The van der Waals surface area contributed by atoms with Gasteiger partial charge in [-0.2, -0.15) is 13.2 Å². The van der Waals surface area contributed by atoms with Crippen LogP contribution in [0.4, 0.5) is 24.7 Å². The van der Waals surface area contributed by atoms with E-state index >= 15 is 0 Å². The number of alkyl halides is 3. The minimum atomic E-state index is -4.40. The molecular formula is C21H23F3N4O2. The second kappa shape index (κ2) is 9.15. The van der Waals surface area contributed by atoms with E-state index in [9.17, 15) is 22.8 Å². The van der Waals surface area contributed by atoms with Crippen LogP contribution in [0.25, 0.3) is 0 Å². The Bertz CT molecular complexity index is 875. The lowest BCUT2D eigenvalue weighted by Gasteiger charge is -2.32. The third kappa shape index (κ3) is 5.71. The van der Waals surface area contributed by atoms with Crippen LogP contribution in [0.2, 0.25) is 0 Å². The Morgan fingerprint density at radius 1 is 1.10 bits per heavy atom. The van der Waals surface area contributed by atoms with Gasteiger partial charge in [0, 0.05) is 44.4 Å². The molecule has 1 aromatic carbocycles. The molecule has 2 heterocycles. The van der Waals surface area contributed by atoms with Gasteiger partial charge in [-0.05, 0) is 42.7 Å². The summed E-state index contributed by atoms with van der Waals surface area (Å²) in [6, 6.07) is 9.62. The first-order chi connectivity index (χ1) is 14.2. The minimum Gasteiger partial charge on any atom is -0.357 e. The lowest BCUT2D eigenvalue weighted by molar-refractivity contribution is -0.137. The Morgan fingerprint density at radius 2 is 1.77 bits per heavy atom. The number of nitrogens with zero attached hydrogens (tertiary/aromatic N) is 2. The van der Waals surface area contributed by atoms with Crippen molar-refractivity contribution in [1.29, 1.82) is 0 Å². The Hall–Kier alpha value is -3.10. The molecule has 0 spiro atoms. The van der Waals surface area contributed by atoms with E-state index in [1.165, 1.54) is 13.0 Å². The van der Waals surface area contributed by atoms with E-state index in [-0.39, 0.29) is 17.7 Å². The average Bonchev–Trinajstić information content (AvgIpc) is 2.72. The summed E-state index contributed by atoms with van der Waals surface area (Å²) < 4.78 is 38.0. The highest BCUT2D eigenvalue weighted by atomic mass is 19.4. The molecule has 0 unspecified atom stereocenters. The molecule has 1 aliphatic rings. The van der Waals surface area contributed by atoms with Crippen molar-refractivity contribution in [1.82, 2.24) is 10.3 Å². The van der Waals surface area contributed by atoms with E-state index < -0.39 is 11.7 Å². The summed E-state index contributed by atoms with van der Waals surface area (Å²) >= 11 is 0. The molecule has 2 N–H and O–H groups in total. The van der Waals surface area contributed by atoms with Gasteiger partial charge in [0.25, 0.3) is 0 Å². The number of rotatable bonds is 5. The Balaban J connectivity index is 1.46. The number of carbonyl (C=O) groups is 2. The molecule has 0 radical (unpaired) electrons. The van der Waals surface area contributed by atoms with Crippen molar-refractivity contribution in [2.45, 2.75) is 32.5 Å². The maximum atomic E-state index is 12.7. The number of amides is 2. The summed E-state index contributed by atoms with van der Waals surface area (Å²) in [7, 11) is 0. The molecule has 2 amide bonds. The average molecular weight is 420 g/mol. The van der Waals surface area contributed by atoms with Gasteiger partial charge in [-0.1, -0.05) is 12.1 Å². The number of anilines is 2. The summed E-state index contributed by atoms with van der Waals surface area (Å²) in [6.07, 6.45) is -2.35. The molecule has 30 heavy (non-hydrogen) atoms. The Morgan fingerprint density at radius 3 is 2.30 bits per heavy atom. The van der Waals surface area contributed by atoms with Gasteiger partial charge in [-0.25, -0.2) is 4.98 Å². The number of benzene rings is 1. The van der Waals surface area contributed by atoms with Crippen LogP contribution in [0.5, 0.6) is 0 Å². The first kappa shape index (κ1) is 21.6. The molecule has 6 nitrogen and oxygen atoms in total. The molecule has 1 aliphatic heterocycles. The second-order valence-corrected chi connectivity index (χ2v) is 7.26. The Labute approximate surface area is 172 Å². The van der Waals surface area contributed by atoms with Crippen LogP contribution >= 0.6 is 0 Å². The van der Waals surface area contributed by atoms with Crippen LogP contribution in [-0.4, -0.2) is 29.9 Å². The normalized spacial score (nSPS) is 15.0. The van der Waals surface area contributed by atoms with E-state index in [1.807, 2.05) is 17.0 Å². The van der Waals surface area contributed by atoms with Crippen LogP contribution < -0.4 is 15.5 Å². The number of halogens is 3. The van der Waals surface area contributed by atoms with Crippen molar-refractivity contribution >= 4 is 23.3 Å². The Kier molecular flexibility index (Phi) is 6.59. The number of carbonyl (C=O) groups excluding carboxylic acids is 2. The topological polar surface area (TPSA) is 74.3 Å². The largest absolute Gasteiger partial charge is 0.417 e. The molecule has 0 saturated carbocycles. The van der Waals surface area contributed by atoms with Gasteiger partial charge in [-0.15, -0.1) is 0 Å². The van der Waals surface area contributed by atoms with Crippen LogP contribution in [-0.2, 0) is 22.3 Å². The van der Waals surface area contributed by atoms with Gasteiger partial charge in [0.05, 0.1) is 5.56 Å². The van der Waals surface area contributed by atoms with E-state index in [1.54, 1.807) is 12.1 Å². The van der Waals surface area contributed by atoms with Gasteiger partial charge < -0.3 is 15.5 Å². The second-order valence-electron chi connectivity index (χ2n) is 7.26. The minimum absolute atomic E-state index is 0.0408. The lowest BCUT2D eigenvalue weighted by Crippen LogP contribution is -2.40. The quantitative estimate of drug-likeness (QED) is 0.775. The number of piperidine rings is 1. The highest BCUT2D eigenvalue weighted by molar-refractivity contribution is 5.88. The molecule has 160 valence electrons. The van der Waals surface area contributed by atoms with Gasteiger partial charge in [0.2, 0.25) is 11.8 Å². The van der Waals surface area contributed by atoms with Crippen molar-refractivity contribution in [2.24, 2.45) is 5.92 Å². The number of hydrogen-bond donors (Lipinski definition) is 2. The number of hydrogen-bond acceptors (Lipinski definition) is 4. The monoisotopic (exact) mass is 420 g/mol. The fourth-order valence-corrected chi connectivity index (χ4v) is 3.35. The van der Waals surface area contributed by atoms with E-state index in [0.29, 0.717) is 44.0 Å². The van der Waals surface area contributed by atoms with Crippen LogP contribution in [0.3, 0.4) is 0 Å². The maximum absolute atomic E-state index is 12.7. The van der Waals surface area contributed by atoms with E-state index in [4.69, 9.17) is 0 Å². The molecule has 2 aromatic rings. The van der Waals surface area contributed by atoms with Crippen molar-refractivity contribution < 1.29 is 22.8 Å². The fraction of sp³-hybridized carbons (Fsp3) is 0.381. The van der Waals surface area contributed by atoms with Crippen molar-refractivity contribution in [3.63, 3.8) is 0 Å². The lowest BCUT2D eigenvalue weighted by atomic mass is 9.95. The van der Waals surface area contributed by atoms with Crippen molar-refractivity contribution in [2.75, 3.05) is 23.3 Å². The summed E-state index contributed by atoms with van der Waals surface area (Å²) in [5.41, 5.74) is 0.844. The van der Waals surface area contributed by atoms with Crippen LogP contribution in [0.15, 0.2) is 42.6 Å². The molecule has 1 saturated heterocycles. The highest BCUT2D eigenvalue weighted by Gasteiger charge is 2.31. The summed E-state index contributed by atoms with van der Waals surface area (Å²) in [5.74, 6) is 0.158. The molecule has 9 heteroatoms. The SMILES string of the molecule is CC(=O)Nc1ccc(CNC(=O)C2CCN(c3ccc(C(F)(F)F)cn3)CC2)cc1. The molecule has 1 fully saturated rings. The van der Waals surface area contributed by atoms with Gasteiger partial charge in [0.15, 0.2) is 0 Å². The molecule has 3 rings (SSSR count). The molecule has 1 aromatic heterocycles. The zero-order chi connectivity index (χ0) is 21.7. The number of aromatic nitrogens is 1. The number of nitrogens with one attached hydrogen (secondary N) is 2. The summed E-state index contributed by atoms with van der Waals surface area (Å²) in [5, 5.41) is 5.61. The molecule has 0 bridgehead atoms. The van der Waals surface area contributed by atoms with Crippen LogP contribution in [0.1, 0.15) is 30.9 Å². The highest BCUT2D eigenvalue weighted by Crippen LogP contribution is 2.30. The maximum Gasteiger partial charge on any atom is 0.417 e. The predicted octanol–water partition coefficient (Wildman–Crippen LogP) is 3.59. The zero-order valence-corrected chi connectivity index (χ0v) is 16.5. The molecule has 0 atom stereocenters. The summed E-state index contributed by atoms with van der Waals surface area (Å²) in [4.78, 5) is 29.3. The standard InChI is InChI=1S/C21H23F3N4O2/c1-14(29)27-18-5-2-15(3-6-18)12-26-20(30)16-8-10-28(11-9-16)19-7-4-17(13-25-19)21(22,23)24/h2-7,13,16H,8-12H2,1H3,(H,26,30)(H,27,29). The van der Waals surface area contributed by atoms with Crippen LogP contribution in [0, 0.1) is 5.92 Å². The van der Waals surface area contributed by atoms with Crippen molar-refractivity contribution in [3.8, 4) is 0 Å². The van der Waals surface area contributed by atoms with E-state index in [2.05, 4.69) is 15.6 Å². The fourth-order valence-electron chi connectivity index (χ4n) is 3.35. The summed E-state index contributed by atoms with van der Waals surface area (Å²) in [6.45, 7) is 2.94. The third-order valence-corrected chi connectivity index (χ3v) is 5.01. The van der Waals surface area contributed by atoms with Gasteiger partial charge in [-0.3, -0.25) is 9.59 Å². The van der Waals surface area contributed by atoms with Gasteiger partial charge in [0.1, 0.15) is 5.82 Å². The first-order valence-corrected chi connectivity index (χ1v) is 9.65. The predicted molar refractivity (Wildman–Crippen MR) is 107 cm³/mol. The van der Waals surface area contributed by atoms with E-state index in [0.717, 1.165) is 17.8 Å². The smallest absolute Gasteiger partial charge is 0.357 e.